The van der Waals surface area contributed by atoms with Crippen LogP contribution in [0.3, 0.4) is 0 Å². The summed E-state index contributed by atoms with van der Waals surface area (Å²) in [5, 5.41) is 2.99. The molecule has 1 aromatic rings. The van der Waals surface area contributed by atoms with Crippen molar-refractivity contribution in [2.24, 2.45) is 0 Å². The molecule has 1 heterocycles. The molecule has 4 nitrogen and oxygen atoms in total. The largest absolute Gasteiger partial charge is 0.365 e. The predicted octanol–water partition coefficient (Wildman–Crippen LogP) is 1.41. The first-order chi connectivity index (χ1) is 6.25. The molecule has 0 amide bonds. The van der Waals surface area contributed by atoms with Crippen LogP contribution in [0.1, 0.15) is 6.92 Å². The van der Waals surface area contributed by atoms with Gasteiger partial charge in [-0.2, -0.15) is 0 Å². The molecule has 0 atom stereocenters. The molecule has 0 radical (unpaired) electrons. The molecule has 0 spiro atoms. The standard InChI is InChI=1S/C8H10ClN3O/c1-2-3-4-10-7-6(9)8(13)12-5-11-7/h2-3,5H,4H2,1H3,(H2,10,11,12,13)/b3-2+. The van der Waals surface area contributed by atoms with E-state index >= 15 is 0 Å². The molecule has 2 N–H and O–H groups in total. The van der Waals surface area contributed by atoms with Gasteiger partial charge in [0.15, 0.2) is 5.82 Å². The van der Waals surface area contributed by atoms with E-state index in [1.165, 1.54) is 6.33 Å². The summed E-state index contributed by atoms with van der Waals surface area (Å²) in [7, 11) is 0. The highest BCUT2D eigenvalue weighted by atomic mass is 35.5. The van der Waals surface area contributed by atoms with Crippen LogP contribution in [0.5, 0.6) is 0 Å². The van der Waals surface area contributed by atoms with Gasteiger partial charge in [0.2, 0.25) is 0 Å². The lowest BCUT2D eigenvalue weighted by atomic mass is 10.5. The molecule has 1 aromatic heterocycles. The van der Waals surface area contributed by atoms with Crippen molar-refractivity contribution in [3.63, 3.8) is 0 Å². The zero-order valence-corrected chi connectivity index (χ0v) is 7.93. The van der Waals surface area contributed by atoms with Crippen LogP contribution < -0.4 is 10.9 Å². The second-order valence-electron chi connectivity index (χ2n) is 2.34. The van der Waals surface area contributed by atoms with Crippen LogP contribution in [0.25, 0.3) is 0 Å². The van der Waals surface area contributed by atoms with E-state index in [1.807, 2.05) is 19.1 Å². The van der Waals surface area contributed by atoms with Crippen molar-refractivity contribution in [2.75, 3.05) is 11.9 Å². The first-order valence-electron chi connectivity index (χ1n) is 3.84. The van der Waals surface area contributed by atoms with Crippen LogP contribution in [-0.2, 0) is 0 Å². The molecule has 13 heavy (non-hydrogen) atoms. The Morgan fingerprint density at radius 1 is 1.77 bits per heavy atom. The highest BCUT2D eigenvalue weighted by Crippen LogP contribution is 2.10. The summed E-state index contributed by atoms with van der Waals surface area (Å²) in [5.41, 5.74) is -0.334. The SMILES string of the molecule is C/C=C/CNc1nc[nH]c(=O)c1Cl. The van der Waals surface area contributed by atoms with Gasteiger partial charge in [0, 0.05) is 6.54 Å². The van der Waals surface area contributed by atoms with E-state index < -0.39 is 0 Å². The average Bonchev–Trinajstić information content (AvgIpc) is 2.13. The lowest BCUT2D eigenvalue weighted by Gasteiger charge is -2.02. The second-order valence-corrected chi connectivity index (χ2v) is 2.72. The Morgan fingerprint density at radius 3 is 3.23 bits per heavy atom. The molecule has 0 aliphatic rings. The average molecular weight is 200 g/mol. The van der Waals surface area contributed by atoms with Gasteiger partial charge in [-0.15, -0.1) is 0 Å². The Kier molecular flexibility index (Phi) is 3.52. The number of halogens is 1. The topological polar surface area (TPSA) is 57.8 Å². The van der Waals surface area contributed by atoms with E-state index in [0.29, 0.717) is 12.4 Å². The first-order valence-corrected chi connectivity index (χ1v) is 4.21. The number of aromatic amines is 1. The molecule has 0 aliphatic carbocycles. The van der Waals surface area contributed by atoms with Crippen molar-refractivity contribution in [1.82, 2.24) is 9.97 Å². The minimum Gasteiger partial charge on any atom is -0.365 e. The number of aromatic nitrogens is 2. The fourth-order valence-electron chi connectivity index (χ4n) is 0.780. The number of H-pyrrole nitrogens is 1. The van der Waals surface area contributed by atoms with Gasteiger partial charge in [-0.25, -0.2) is 4.98 Å². The molecule has 1 rings (SSSR count). The van der Waals surface area contributed by atoms with E-state index in [2.05, 4.69) is 15.3 Å². The van der Waals surface area contributed by atoms with Crippen LogP contribution in [0.2, 0.25) is 5.02 Å². The summed E-state index contributed by atoms with van der Waals surface area (Å²) < 4.78 is 0. The van der Waals surface area contributed by atoms with Gasteiger partial charge >= 0.3 is 0 Å². The highest BCUT2D eigenvalue weighted by molar-refractivity contribution is 6.32. The van der Waals surface area contributed by atoms with Crippen molar-refractivity contribution < 1.29 is 0 Å². The molecule has 0 saturated carbocycles. The fraction of sp³-hybridized carbons (Fsp3) is 0.250. The van der Waals surface area contributed by atoms with Crippen LogP contribution in [0, 0.1) is 0 Å². The molecule has 70 valence electrons. The molecular formula is C8H10ClN3O. The molecule has 0 fully saturated rings. The molecule has 0 aromatic carbocycles. The van der Waals surface area contributed by atoms with E-state index in [0.717, 1.165) is 0 Å². The van der Waals surface area contributed by atoms with Crippen LogP contribution >= 0.6 is 11.6 Å². The molecule has 0 bridgehead atoms. The van der Waals surface area contributed by atoms with Gasteiger partial charge in [0.25, 0.3) is 5.56 Å². The zero-order valence-electron chi connectivity index (χ0n) is 7.17. The van der Waals surface area contributed by atoms with Crippen molar-refractivity contribution in [1.29, 1.82) is 0 Å². The Morgan fingerprint density at radius 2 is 2.54 bits per heavy atom. The smallest absolute Gasteiger partial charge is 0.271 e. The molecule has 0 saturated heterocycles. The van der Waals surface area contributed by atoms with Crippen molar-refractivity contribution in [3.05, 3.63) is 33.9 Å². The fourth-order valence-corrected chi connectivity index (χ4v) is 0.950. The lowest BCUT2D eigenvalue weighted by Crippen LogP contribution is -2.11. The third-order valence-corrected chi connectivity index (χ3v) is 1.77. The van der Waals surface area contributed by atoms with E-state index in [1.54, 1.807) is 0 Å². The normalized spacial score (nSPS) is 10.6. The van der Waals surface area contributed by atoms with Gasteiger partial charge < -0.3 is 10.3 Å². The quantitative estimate of drug-likeness (QED) is 0.724. The number of nitrogens with zero attached hydrogens (tertiary/aromatic N) is 1. The summed E-state index contributed by atoms with van der Waals surface area (Å²) >= 11 is 5.68. The maximum atomic E-state index is 11.0. The number of rotatable bonds is 3. The maximum absolute atomic E-state index is 11.0. The Balaban J connectivity index is 2.77. The zero-order chi connectivity index (χ0) is 9.68. The number of anilines is 1. The highest BCUT2D eigenvalue weighted by Gasteiger charge is 2.02. The van der Waals surface area contributed by atoms with Crippen molar-refractivity contribution in [3.8, 4) is 0 Å². The number of allylic oxidation sites excluding steroid dienone is 1. The van der Waals surface area contributed by atoms with E-state index in [4.69, 9.17) is 11.6 Å². The minimum absolute atomic E-state index is 0.0898. The van der Waals surface area contributed by atoms with Crippen LogP contribution in [0.4, 0.5) is 5.82 Å². The molecule has 0 aliphatic heterocycles. The van der Waals surface area contributed by atoms with Gasteiger partial charge in [-0.3, -0.25) is 4.79 Å². The van der Waals surface area contributed by atoms with Crippen molar-refractivity contribution in [2.45, 2.75) is 6.92 Å². The number of nitrogens with one attached hydrogen (secondary N) is 2. The summed E-state index contributed by atoms with van der Waals surface area (Å²) in [5.74, 6) is 0.406. The monoisotopic (exact) mass is 199 g/mol. The van der Waals surface area contributed by atoms with E-state index in [9.17, 15) is 4.79 Å². The van der Waals surface area contributed by atoms with Crippen LogP contribution in [0.15, 0.2) is 23.3 Å². The molecular weight excluding hydrogens is 190 g/mol. The minimum atomic E-state index is -0.334. The van der Waals surface area contributed by atoms with Gasteiger partial charge in [0.05, 0.1) is 6.33 Å². The summed E-state index contributed by atoms with van der Waals surface area (Å²) in [4.78, 5) is 17.2. The Labute approximate surface area is 80.7 Å². The second kappa shape index (κ2) is 4.67. The Bertz CT molecular complexity index is 359. The Hall–Kier alpha value is -1.29. The maximum Gasteiger partial charge on any atom is 0.271 e. The van der Waals surface area contributed by atoms with E-state index in [-0.39, 0.29) is 10.6 Å². The third-order valence-electron chi connectivity index (χ3n) is 1.42. The number of hydrogen-bond donors (Lipinski definition) is 2. The summed E-state index contributed by atoms with van der Waals surface area (Å²) in [6.45, 7) is 2.52. The van der Waals surface area contributed by atoms with Gasteiger partial charge in [-0.05, 0) is 6.92 Å². The molecule has 5 heteroatoms. The number of hydrogen-bond acceptors (Lipinski definition) is 3. The first kappa shape index (κ1) is 9.80. The third kappa shape index (κ3) is 2.59. The summed E-state index contributed by atoms with van der Waals surface area (Å²) in [6.07, 6.45) is 5.11. The van der Waals surface area contributed by atoms with Gasteiger partial charge in [0.1, 0.15) is 5.02 Å². The predicted molar refractivity (Wildman–Crippen MR) is 53.2 cm³/mol. The van der Waals surface area contributed by atoms with Crippen LogP contribution in [-0.4, -0.2) is 16.5 Å². The molecule has 0 unspecified atom stereocenters. The van der Waals surface area contributed by atoms with Gasteiger partial charge in [-0.1, -0.05) is 23.8 Å². The van der Waals surface area contributed by atoms with Crippen molar-refractivity contribution >= 4 is 17.4 Å². The summed E-state index contributed by atoms with van der Waals surface area (Å²) in [6, 6.07) is 0. The lowest BCUT2D eigenvalue weighted by molar-refractivity contribution is 1.10.